The van der Waals surface area contributed by atoms with Crippen LogP contribution in [0.4, 0.5) is 0 Å². The quantitative estimate of drug-likeness (QED) is 0.641. The highest BCUT2D eigenvalue weighted by Gasteiger charge is 2.16. The third-order valence-corrected chi connectivity index (χ3v) is 2.98. The molecule has 0 aromatic rings. The van der Waals surface area contributed by atoms with Crippen LogP contribution in [0.5, 0.6) is 0 Å². The van der Waals surface area contributed by atoms with Gasteiger partial charge in [0, 0.05) is 0 Å². The van der Waals surface area contributed by atoms with Gasteiger partial charge in [0.05, 0.1) is 0 Å². The van der Waals surface area contributed by atoms with E-state index in [0.29, 0.717) is 0 Å². The molecule has 1 rings (SSSR count). The zero-order valence-electron chi connectivity index (χ0n) is 8.60. The smallest absolute Gasteiger partial charge is 0.00205 e. The SMILES string of the molecule is CCNCC1CCCCC(C)C1. The molecule has 2 unspecified atom stereocenters. The van der Waals surface area contributed by atoms with Gasteiger partial charge in [-0.1, -0.05) is 33.1 Å². The largest absolute Gasteiger partial charge is 0.317 e. The van der Waals surface area contributed by atoms with E-state index in [9.17, 15) is 0 Å². The van der Waals surface area contributed by atoms with Crippen molar-refractivity contribution in [3.05, 3.63) is 0 Å². The summed E-state index contributed by atoms with van der Waals surface area (Å²) in [4.78, 5) is 0. The molecule has 0 heterocycles. The summed E-state index contributed by atoms with van der Waals surface area (Å²) in [7, 11) is 0. The average molecular weight is 169 g/mol. The fourth-order valence-corrected chi connectivity index (χ4v) is 2.26. The second-order valence-electron chi connectivity index (χ2n) is 4.30. The summed E-state index contributed by atoms with van der Waals surface area (Å²) in [6, 6.07) is 0. The van der Waals surface area contributed by atoms with Gasteiger partial charge in [0.2, 0.25) is 0 Å². The molecular formula is C11H23N. The minimum atomic E-state index is 0.961. The molecule has 1 heteroatoms. The van der Waals surface area contributed by atoms with Gasteiger partial charge in [-0.2, -0.15) is 0 Å². The second kappa shape index (κ2) is 5.58. The molecule has 0 aromatic carbocycles. The molecule has 0 spiro atoms. The van der Waals surface area contributed by atoms with Crippen LogP contribution >= 0.6 is 0 Å². The van der Waals surface area contributed by atoms with Crippen LogP contribution in [-0.4, -0.2) is 13.1 Å². The number of nitrogens with one attached hydrogen (secondary N) is 1. The lowest BCUT2D eigenvalue weighted by Crippen LogP contribution is -2.23. The topological polar surface area (TPSA) is 12.0 Å². The Morgan fingerprint density at radius 1 is 1.25 bits per heavy atom. The Kier molecular flexibility index (Phi) is 4.67. The Morgan fingerprint density at radius 3 is 2.75 bits per heavy atom. The van der Waals surface area contributed by atoms with Crippen LogP contribution in [0.25, 0.3) is 0 Å². The van der Waals surface area contributed by atoms with E-state index in [0.717, 1.165) is 18.4 Å². The summed E-state index contributed by atoms with van der Waals surface area (Å²) in [6.45, 7) is 6.98. The van der Waals surface area contributed by atoms with Crippen molar-refractivity contribution < 1.29 is 0 Å². The van der Waals surface area contributed by atoms with E-state index in [2.05, 4.69) is 19.2 Å². The third kappa shape index (κ3) is 3.57. The van der Waals surface area contributed by atoms with Crippen LogP contribution in [-0.2, 0) is 0 Å². The summed E-state index contributed by atoms with van der Waals surface area (Å²) < 4.78 is 0. The van der Waals surface area contributed by atoms with E-state index in [1.54, 1.807) is 0 Å². The van der Waals surface area contributed by atoms with Gasteiger partial charge in [-0.05, 0) is 37.8 Å². The Balaban J connectivity index is 2.21. The third-order valence-electron chi connectivity index (χ3n) is 2.98. The van der Waals surface area contributed by atoms with Crippen LogP contribution in [0, 0.1) is 11.8 Å². The van der Waals surface area contributed by atoms with Gasteiger partial charge < -0.3 is 5.32 Å². The second-order valence-corrected chi connectivity index (χ2v) is 4.30. The summed E-state index contributed by atoms with van der Waals surface area (Å²) in [6.07, 6.45) is 7.29. The number of hydrogen-bond donors (Lipinski definition) is 1. The summed E-state index contributed by atoms with van der Waals surface area (Å²) >= 11 is 0. The van der Waals surface area contributed by atoms with Crippen LogP contribution in [0.2, 0.25) is 0 Å². The minimum absolute atomic E-state index is 0.961. The first-order valence-corrected chi connectivity index (χ1v) is 5.53. The summed E-state index contributed by atoms with van der Waals surface area (Å²) in [5, 5.41) is 3.47. The monoisotopic (exact) mass is 169 g/mol. The Hall–Kier alpha value is -0.0400. The van der Waals surface area contributed by atoms with Crippen molar-refractivity contribution in [1.29, 1.82) is 0 Å². The Labute approximate surface area is 76.9 Å². The zero-order chi connectivity index (χ0) is 8.81. The molecule has 0 aromatic heterocycles. The fourth-order valence-electron chi connectivity index (χ4n) is 2.26. The first-order chi connectivity index (χ1) is 5.83. The molecule has 1 aliphatic rings. The van der Waals surface area contributed by atoms with Crippen molar-refractivity contribution in [3.8, 4) is 0 Å². The summed E-state index contributed by atoms with van der Waals surface area (Å²) in [5.74, 6) is 1.93. The van der Waals surface area contributed by atoms with Crippen molar-refractivity contribution in [2.75, 3.05) is 13.1 Å². The van der Waals surface area contributed by atoms with Crippen LogP contribution in [0.15, 0.2) is 0 Å². The minimum Gasteiger partial charge on any atom is -0.317 e. The van der Waals surface area contributed by atoms with E-state index < -0.39 is 0 Å². The number of rotatable bonds is 3. The van der Waals surface area contributed by atoms with Gasteiger partial charge in [0.25, 0.3) is 0 Å². The first kappa shape index (κ1) is 10.0. The molecule has 72 valence electrons. The molecule has 2 atom stereocenters. The molecular weight excluding hydrogens is 146 g/mol. The van der Waals surface area contributed by atoms with Gasteiger partial charge in [-0.25, -0.2) is 0 Å². The van der Waals surface area contributed by atoms with Gasteiger partial charge in [-0.15, -0.1) is 0 Å². The molecule has 0 bridgehead atoms. The standard InChI is InChI=1S/C11H23N/c1-3-12-9-11-7-5-4-6-10(2)8-11/h10-12H,3-9H2,1-2H3. The predicted octanol–water partition coefficient (Wildman–Crippen LogP) is 2.81. The molecule has 0 amide bonds. The van der Waals surface area contributed by atoms with E-state index in [4.69, 9.17) is 0 Å². The van der Waals surface area contributed by atoms with Gasteiger partial charge in [0.15, 0.2) is 0 Å². The molecule has 0 aliphatic heterocycles. The Morgan fingerprint density at radius 2 is 2.00 bits per heavy atom. The molecule has 0 radical (unpaired) electrons. The van der Waals surface area contributed by atoms with Crippen molar-refractivity contribution in [2.45, 2.75) is 46.0 Å². The van der Waals surface area contributed by atoms with Crippen molar-refractivity contribution in [2.24, 2.45) is 11.8 Å². The highest BCUT2D eigenvalue weighted by Crippen LogP contribution is 2.26. The molecule has 1 N–H and O–H groups in total. The predicted molar refractivity (Wildman–Crippen MR) is 54.3 cm³/mol. The van der Waals surface area contributed by atoms with E-state index in [-0.39, 0.29) is 0 Å². The fraction of sp³-hybridized carbons (Fsp3) is 1.00. The highest BCUT2D eigenvalue weighted by atomic mass is 14.8. The molecule has 1 fully saturated rings. The maximum absolute atomic E-state index is 3.47. The highest BCUT2D eigenvalue weighted by molar-refractivity contribution is 4.70. The average Bonchev–Trinajstić information content (AvgIpc) is 2.26. The van der Waals surface area contributed by atoms with Gasteiger partial charge in [0.1, 0.15) is 0 Å². The zero-order valence-corrected chi connectivity index (χ0v) is 8.60. The molecule has 12 heavy (non-hydrogen) atoms. The number of hydrogen-bond acceptors (Lipinski definition) is 1. The molecule has 1 saturated carbocycles. The molecule has 0 saturated heterocycles. The molecule has 1 nitrogen and oxygen atoms in total. The lowest BCUT2D eigenvalue weighted by molar-refractivity contribution is 0.379. The maximum Gasteiger partial charge on any atom is -0.00205 e. The Bertz CT molecular complexity index is 112. The van der Waals surface area contributed by atoms with E-state index >= 15 is 0 Å². The summed E-state index contributed by atoms with van der Waals surface area (Å²) in [5.41, 5.74) is 0. The van der Waals surface area contributed by atoms with Crippen molar-refractivity contribution >= 4 is 0 Å². The maximum atomic E-state index is 3.47. The lowest BCUT2D eigenvalue weighted by Gasteiger charge is -2.16. The van der Waals surface area contributed by atoms with Gasteiger partial charge in [-0.3, -0.25) is 0 Å². The van der Waals surface area contributed by atoms with Crippen LogP contribution in [0.3, 0.4) is 0 Å². The lowest BCUT2D eigenvalue weighted by atomic mass is 9.94. The van der Waals surface area contributed by atoms with E-state index in [1.807, 2.05) is 0 Å². The van der Waals surface area contributed by atoms with Gasteiger partial charge >= 0.3 is 0 Å². The van der Waals surface area contributed by atoms with E-state index in [1.165, 1.54) is 38.6 Å². The molecule has 1 aliphatic carbocycles. The van der Waals surface area contributed by atoms with Crippen molar-refractivity contribution in [1.82, 2.24) is 5.32 Å². The normalized spacial score (nSPS) is 31.5. The first-order valence-electron chi connectivity index (χ1n) is 5.53. The van der Waals surface area contributed by atoms with Crippen LogP contribution < -0.4 is 5.32 Å². The van der Waals surface area contributed by atoms with Crippen molar-refractivity contribution in [3.63, 3.8) is 0 Å². The van der Waals surface area contributed by atoms with Crippen LogP contribution in [0.1, 0.15) is 46.0 Å².